The number of rotatable bonds is 3. The van der Waals surface area contributed by atoms with Crippen molar-refractivity contribution in [2.45, 2.75) is 69.8 Å². The van der Waals surface area contributed by atoms with Crippen LogP contribution in [-0.2, 0) is 4.79 Å². The Kier molecular flexibility index (Phi) is 3.54. The van der Waals surface area contributed by atoms with E-state index in [2.05, 4.69) is 20.4 Å². The number of alkyl halides is 1. The van der Waals surface area contributed by atoms with E-state index in [1.807, 2.05) is 38.5 Å². The smallest absolute Gasteiger partial charge is 0.149 e. The monoisotopic (exact) mass is 358 g/mol. The summed E-state index contributed by atoms with van der Waals surface area (Å²) in [6.07, 6.45) is 3.64. The molecule has 1 nitrogen and oxygen atoms in total. The Morgan fingerprint density at radius 3 is 2.05 bits per heavy atom. The number of hydrogen-bond acceptors (Lipinski definition) is 3. The maximum absolute atomic E-state index is 12.4. The van der Waals surface area contributed by atoms with Crippen molar-refractivity contribution in [1.29, 1.82) is 0 Å². The van der Waals surface area contributed by atoms with Crippen LogP contribution in [0.4, 0.5) is 0 Å². The molecule has 0 aromatic carbocycles. The molecule has 4 heteroatoms. The first-order valence-electron chi connectivity index (χ1n) is 8.13. The van der Waals surface area contributed by atoms with Crippen molar-refractivity contribution in [2.24, 2.45) is 22.2 Å². The molecular formula is C18H27ClOS2. The second-order valence-electron chi connectivity index (χ2n) is 8.93. The SMILES string of the molecule is C=C1CC2CCC1(SSC1(Cl)C(C)(C)C(=O)C1(C)C)C2(C)C. The predicted molar refractivity (Wildman–Crippen MR) is 99.3 cm³/mol. The third-order valence-electron chi connectivity index (χ3n) is 7.01. The van der Waals surface area contributed by atoms with Gasteiger partial charge in [-0.05, 0) is 30.6 Å². The molecule has 3 aliphatic rings. The van der Waals surface area contributed by atoms with Gasteiger partial charge < -0.3 is 0 Å². The van der Waals surface area contributed by atoms with Crippen LogP contribution in [0.15, 0.2) is 12.2 Å². The minimum atomic E-state index is -0.548. The van der Waals surface area contributed by atoms with Gasteiger partial charge in [-0.25, -0.2) is 0 Å². The Hall–Kier alpha value is 0.400. The molecule has 0 radical (unpaired) electrons. The van der Waals surface area contributed by atoms with Crippen molar-refractivity contribution in [1.82, 2.24) is 0 Å². The van der Waals surface area contributed by atoms with Crippen LogP contribution in [0.5, 0.6) is 0 Å². The molecule has 2 atom stereocenters. The molecule has 3 fully saturated rings. The fourth-order valence-corrected chi connectivity index (χ4v) is 10.5. The van der Waals surface area contributed by atoms with Crippen molar-refractivity contribution < 1.29 is 4.79 Å². The summed E-state index contributed by atoms with van der Waals surface area (Å²) < 4.78 is -0.428. The van der Waals surface area contributed by atoms with Crippen LogP contribution in [0.2, 0.25) is 0 Å². The fourth-order valence-electron chi connectivity index (χ4n) is 5.18. The average Bonchev–Trinajstić information content (AvgIpc) is 2.77. The first-order chi connectivity index (χ1) is 9.84. The lowest BCUT2D eigenvalue weighted by Gasteiger charge is -2.61. The number of fused-ring (bicyclic) bond motifs is 2. The first kappa shape index (κ1) is 17.2. The van der Waals surface area contributed by atoms with E-state index in [-0.39, 0.29) is 15.9 Å². The second-order valence-corrected chi connectivity index (χ2v) is 12.4. The highest BCUT2D eigenvalue weighted by atomic mass is 35.5. The highest BCUT2D eigenvalue weighted by Crippen LogP contribution is 2.76. The lowest BCUT2D eigenvalue weighted by molar-refractivity contribution is -0.153. The van der Waals surface area contributed by atoms with Crippen molar-refractivity contribution in [3.05, 3.63) is 12.2 Å². The van der Waals surface area contributed by atoms with Crippen molar-refractivity contribution in [3.8, 4) is 0 Å². The van der Waals surface area contributed by atoms with E-state index in [0.717, 1.165) is 12.3 Å². The number of carbonyl (C=O) groups is 1. The lowest BCUT2D eigenvalue weighted by Crippen LogP contribution is -2.69. The van der Waals surface area contributed by atoms with Gasteiger partial charge in [-0.15, -0.1) is 11.6 Å². The first-order valence-corrected chi connectivity index (χ1v) is 10.7. The van der Waals surface area contributed by atoms with Crippen LogP contribution in [0.3, 0.4) is 0 Å². The molecule has 3 aliphatic carbocycles. The highest BCUT2D eigenvalue weighted by molar-refractivity contribution is 8.78. The van der Waals surface area contributed by atoms with Gasteiger partial charge in [-0.1, -0.05) is 75.3 Å². The molecule has 0 heterocycles. The molecule has 124 valence electrons. The van der Waals surface area contributed by atoms with Gasteiger partial charge in [0.2, 0.25) is 0 Å². The number of halogens is 1. The second kappa shape index (κ2) is 4.52. The van der Waals surface area contributed by atoms with Crippen LogP contribution in [0.25, 0.3) is 0 Å². The van der Waals surface area contributed by atoms with Crippen LogP contribution in [-0.4, -0.2) is 14.7 Å². The van der Waals surface area contributed by atoms with Gasteiger partial charge in [0.1, 0.15) is 9.99 Å². The molecule has 0 aliphatic heterocycles. The summed E-state index contributed by atoms with van der Waals surface area (Å²) in [6.45, 7) is 17.1. The van der Waals surface area contributed by atoms with E-state index in [1.54, 1.807) is 10.8 Å². The highest BCUT2D eigenvalue weighted by Gasteiger charge is 2.73. The Labute approximate surface area is 147 Å². The maximum Gasteiger partial charge on any atom is 0.149 e. The van der Waals surface area contributed by atoms with Gasteiger partial charge in [-0.3, -0.25) is 4.79 Å². The standard InChI is InChI=1S/C18H27ClOS2/c1-11-10-12-8-9-17(11,14(12,2)3)21-22-18(19)15(4,5)13(20)16(18,6)7/h12H,1,8-10H2,2-7H3. The Morgan fingerprint density at radius 2 is 1.64 bits per heavy atom. The van der Waals surface area contributed by atoms with Crippen LogP contribution in [0, 0.1) is 22.2 Å². The number of ketones is 1. The number of Topliss-reactive ketones (excluding diaryl/α,β-unsaturated/α-hetero) is 1. The predicted octanol–water partition coefficient (Wildman–Crippen LogP) is 6.07. The molecule has 0 N–H and O–H groups in total. The van der Waals surface area contributed by atoms with E-state index >= 15 is 0 Å². The van der Waals surface area contributed by atoms with Crippen molar-refractivity contribution in [2.75, 3.05) is 0 Å². The summed E-state index contributed by atoms with van der Waals surface area (Å²) >= 11 is 7.03. The number of carbonyl (C=O) groups excluding carboxylic acids is 1. The molecule has 22 heavy (non-hydrogen) atoms. The zero-order chi connectivity index (χ0) is 16.8. The summed E-state index contributed by atoms with van der Waals surface area (Å²) in [6, 6.07) is 0. The molecule has 2 bridgehead atoms. The summed E-state index contributed by atoms with van der Waals surface area (Å²) in [7, 11) is 3.65. The molecule has 2 unspecified atom stereocenters. The molecule has 0 amide bonds. The number of hydrogen-bond donors (Lipinski definition) is 0. The molecule has 0 aromatic rings. The van der Waals surface area contributed by atoms with E-state index in [4.69, 9.17) is 11.6 Å². The topological polar surface area (TPSA) is 17.1 Å². The molecule has 0 saturated heterocycles. The van der Waals surface area contributed by atoms with Crippen LogP contribution >= 0.6 is 33.2 Å². The molecule has 0 aromatic heterocycles. The molecular weight excluding hydrogens is 332 g/mol. The molecule has 3 saturated carbocycles. The van der Waals surface area contributed by atoms with E-state index in [9.17, 15) is 4.79 Å². The zero-order valence-corrected chi connectivity index (χ0v) is 16.9. The van der Waals surface area contributed by atoms with Crippen molar-refractivity contribution >= 4 is 39.0 Å². The van der Waals surface area contributed by atoms with E-state index < -0.39 is 15.0 Å². The maximum atomic E-state index is 12.4. The zero-order valence-electron chi connectivity index (χ0n) is 14.5. The fraction of sp³-hybridized carbons (Fsp3) is 0.833. The Balaban J connectivity index is 1.87. The summed E-state index contributed by atoms with van der Waals surface area (Å²) in [5.41, 5.74) is 0.702. The normalized spacial score (nSPS) is 39.9. The van der Waals surface area contributed by atoms with Crippen LogP contribution in [0.1, 0.15) is 60.8 Å². The summed E-state index contributed by atoms with van der Waals surface area (Å²) in [5.74, 6) is 1.03. The van der Waals surface area contributed by atoms with Gasteiger partial charge in [-0.2, -0.15) is 0 Å². The third-order valence-corrected chi connectivity index (χ3v) is 13.0. The lowest BCUT2D eigenvalue weighted by atomic mass is 9.54. The average molecular weight is 359 g/mol. The third kappa shape index (κ3) is 1.64. The Morgan fingerprint density at radius 1 is 1.09 bits per heavy atom. The van der Waals surface area contributed by atoms with Crippen molar-refractivity contribution in [3.63, 3.8) is 0 Å². The summed E-state index contributed by atoms with van der Waals surface area (Å²) in [4.78, 5) is 12.4. The minimum absolute atomic E-state index is 0.120. The minimum Gasteiger partial charge on any atom is -0.298 e. The van der Waals surface area contributed by atoms with E-state index in [1.165, 1.54) is 18.4 Å². The van der Waals surface area contributed by atoms with Crippen LogP contribution < -0.4 is 0 Å². The van der Waals surface area contributed by atoms with Gasteiger partial charge >= 0.3 is 0 Å². The van der Waals surface area contributed by atoms with Gasteiger partial charge in [0.15, 0.2) is 0 Å². The van der Waals surface area contributed by atoms with Gasteiger partial charge in [0.25, 0.3) is 0 Å². The largest absolute Gasteiger partial charge is 0.298 e. The summed E-state index contributed by atoms with van der Waals surface area (Å²) in [5, 5.41) is 0. The van der Waals surface area contributed by atoms with Gasteiger partial charge in [0.05, 0.1) is 15.6 Å². The quantitative estimate of drug-likeness (QED) is 0.346. The molecule has 3 rings (SSSR count). The van der Waals surface area contributed by atoms with Gasteiger partial charge in [0, 0.05) is 0 Å². The molecule has 0 spiro atoms. The Bertz CT molecular complexity index is 545. The van der Waals surface area contributed by atoms with E-state index in [0.29, 0.717) is 0 Å².